The van der Waals surface area contributed by atoms with Gasteiger partial charge in [0.25, 0.3) is 0 Å². The number of nitrogens with zero attached hydrogens (tertiary/aromatic N) is 2. The lowest BCUT2D eigenvalue weighted by atomic mass is 10.1. The number of hydrogen-bond acceptors (Lipinski definition) is 7. The Bertz CT molecular complexity index is 925. The van der Waals surface area contributed by atoms with Crippen LogP contribution >= 0.6 is 11.8 Å². The molecule has 144 valence electrons. The maximum absolute atomic E-state index is 12.2. The summed E-state index contributed by atoms with van der Waals surface area (Å²) in [5, 5.41) is 20.4. The normalized spacial score (nSPS) is 17.8. The number of amides is 1. The van der Waals surface area contributed by atoms with Crippen molar-refractivity contribution in [3.8, 4) is 5.75 Å². The van der Waals surface area contributed by atoms with Gasteiger partial charge in [0.05, 0.1) is 23.6 Å². The highest BCUT2D eigenvalue weighted by Crippen LogP contribution is 2.23. The predicted octanol–water partition coefficient (Wildman–Crippen LogP) is 2.73. The van der Waals surface area contributed by atoms with Crippen molar-refractivity contribution < 1.29 is 19.4 Å². The van der Waals surface area contributed by atoms with E-state index in [1.807, 2.05) is 12.1 Å². The first-order chi connectivity index (χ1) is 13.6. The van der Waals surface area contributed by atoms with Gasteiger partial charge >= 0.3 is 5.97 Å². The zero-order chi connectivity index (χ0) is 19.9. The van der Waals surface area contributed by atoms with Gasteiger partial charge in [0.2, 0.25) is 5.91 Å². The highest BCUT2D eigenvalue weighted by Gasteiger charge is 2.30. The third kappa shape index (κ3) is 4.98. The van der Waals surface area contributed by atoms with Crippen molar-refractivity contribution in [2.24, 2.45) is 10.2 Å². The molecule has 28 heavy (non-hydrogen) atoms. The summed E-state index contributed by atoms with van der Waals surface area (Å²) in [6.07, 6.45) is 1.93. The molecule has 0 radical (unpaired) electrons. The largest absolute Gasteiger partial charge is 0.507 e. The maximum Gasteiger partial charge on any atom is 0.338 e. The summed E-state index contributed by atoms with van der Waals surface area (Å²) < 4.78 is 4.96. The number of aromatic hydroxyl groups is 1. The van der Waals surface area contributed by atoms with E-state index >= 15 is 0 Å². The van der Waals surface area contributed by atoms with E-state index in [4.69, 9.17) is 4.74 Å². The maximum atomic E-state index is 12.2. The molecule has 0 aliphatic carbocycles. The van der Waals surface area contributed by atoms with E-state index in [0.717, 1.165) is 5.56 Å². The van der Waals surface area contributed by atoms with Crippen LogP contribution in [0.2, 0.25) is 0 Å². The van der Waals surface area contributed by atoms with Crippen LogP contribution in [0, 0.1) is 0 Å². The molecular weight excluding hydrogens is 378 g/mol. The highest BCUT2D eigenvalue weighted by molar-refractivity contribution is 8.15. The fourth-order valence-corrected chi connectivity index (χ4v) is 3.50. The second kappa shape index (κ2) is 9.18. The molecule has 2 aromatic carbocycles. The first-order valence-corrected chi connectivity index (χ1v) is 9.57. The molecule has 1 aliphatic rings. The van der Waals surface area contributed by atoms with Gasteiger partial charge in [-0.15, -0.1) is 5.10 Å². The Labute approximate surface area is 166 Å². The average molecular weight is 397 g/mol. The summed E-state index contributed by atoms with van der Waals surface area (Å²) in [6.45, 7) is 2.09. The number of nitrogens with one attached hydrogen (secondary N) is 1. The van der Waals surface area contributed by atoms with Crippen LogP contribution in [0.15, 0.2) is 58.7 Å². The van der Waals surface area contributed by atoms with Crippen LogP contribution in [0.4, 0.5) is 0 Å². The third-order valence-corrected chi connectivity index (χ3v) is 5.02. The molecule has 2 N–H and O–H groups in total. The Balaban J connectivity index is 1.60. The van der Waals surface area contributed by atoms with Crippen molar-refractivity contribution in [2.75, 3.05) is 6.61 Å². The number of ether oxygens (including phenoxy) is 1. The quantitative estimate of drug-likeness (QED) is 0.443. The van der Waals surface area contributed by atoms with Gasteiger partial charge < -0.3 is 15.2 Å². The summed E-state index contributed by atoms with van der Waals surface area (Å²) in [6, 6.07) is 13.8. The molecule has 1 amide bonds. The van der Waals surface area contributed by atoms with Crippen LogP contribution in [0.25, 0.3) is 0 Å². The second-order valence-corrected chi connectivity index (χ2v) is 7.12. The van der Waals surface area contributed by atoms with Crippen molar-refractivity contribution in [1.82, 2.24) is 5.32 Å². The van der Waals surface area contributed by atoms with Crippen molar-refractivity contribution in [2.45, 2.75) is 18.6 Å². The van der Waals surface area contributed by atoms with Gasteiger partial charge in [0, 0.05) is 5.56 Å². The van der Waals surface area contributed by atoms with E-state index in [0.29, 0.717) is 29.3 Å². The predicted molar refractivity (Wildman–Crippen MR) is 109 cm³/mol. The van der Waals surface area contributed by atoms with Crippen LogP contribution in [0.3, 0.4) is 0 Å². The van der Waals surface area contributed by atoms with E-state index < -0.39 is 0 Å². The lowest BCUT2D eigenvalue weighted by Gasteiger charge is -2.06. The fraction of sp³-hybridized carbons (Fsp3) is 0.200. The van der Waals surface area contributed by atoms with Gasteiger partial charge in [-0.25, -0.2) is 4.79 Å². The SMILES string of the molecule is CCOC(=O)c1ccc(C[C@H]2S/C(=N/N=C/c3ccccc3O)NC2=O)cc1. The summed E-state index contributed by atoms with van der Waals surface area (Å²) in [5.74, 6) is -0.395. The second-order valence-electron chi connectivity index (χ2n) is 5.93. The number of rotatable bonds is 6. The summed E-state index contributed by atoms with van der Waals surface area (Å²) >= 11 is 1.29. The van der Waals surface area contributed by atoms with Gasteiger partial charge in [-0.2, -0.15) is 5.10 Å². The Morgan fingerprint density at radius 2 is 2.00 bits per heavy atom. The van der Waals surface area contributed by atoms with Gasteiger partial charge in [-0.3, -0.25) is 4.79 Å². The number of phenolic OH excluding ortho intramolecular Hbond substituents is 1. The molecule has 0 bridgehead atoms. The number of thioether (sulfide) groups is 1. The van der Waals surface area contributed by atoms with Crippen molar-refractivity contribution in [3.63, 3.8) is 0 Å². The summed E-state index contributed by atoms with van der Waals surface area (Å²) in [4.78, 5) is 23.8. The Morgan fingerprint density at radius 3 is 2.71 bits per heavy atom. The molecule has 1 saturated heterocycles. The van der Waals surface area contributed by atoms with Gasteiger partial charge in [-0.1, -0.05) is 36.0 Å². The molecule has 1 fully saturated rings. The molecule has 3 rings (SSSR count). The van der Waals surface area contributed by atoms with Crippen LogP contribution in [-0.2, 0) is 16.0 Å². The minimum atomic E-state index is -0.362. The van der Waals surface area contributed by atoms with Crippen LogP contribution in [-0.4, -0.2) is 40.2 Å². The first-order valence-electron chi connectivity index (χ1n) is 8.69. The van der Waals surface area contributed by atoms with Gasteiger partial charge in [-0.05, 0) is 43.2 Å². The molecule has 1 atom stereocenters. The fourth-order valence-electron chi connectivity index (χ4n) is 2.53. The standard InChI is InChI=1S/C20H19N3O4S/c1-2-27-19(26)14-9-7-13(8-10-14)11-17-18(25)22-20(28-17)23-21-12-15-5-3-4-6-16(15)24/h3-10,12,17,24H,2,11H2,1H3,(H,22,23,25)/b21-12+/t17-/m1/s1. The summed E-state index contributed by atoms with van der Waals surface area (Å²) in [5.41, 5.74) is 1.95. The van der Waals surface area contributed by atoms with E-state index in [2.05, 4.69) is 15.5 Å². The minimum absolute atomic E-state index is 0.110. The molecule has 0 unspecified atom stereocenters. The van der Waals surface area contributed by atoms with E-state index in [9.17, 15) is 14.7 Å². The minimum Gasteiger partial charge on any atom is -0.507 e. The number of phenols is 1. The Morgan fingerprint density at radius 1 is 1.25 bits per heavy atom. The summed E-state index contributed by atoms with van der Waals surface area (Å²) in [7, 11) is 0. The third-order valence-electron chi connectivity index (χ3n) is 3.94. The molecule has 0 aromatic heterocycles. The Kier molecular flexibility index (Phi) is 6.44. The van der Waals surface area contributed by atoms with E-state index in [-0.39, 0.29) is 22.9 Å². The molecule has 2 aromatic rings. The van der Waals surface area contributed by atoms with Crippen LogP contribution in [0.5, 0.6) is 5.75 Å². The smallest absolute Gasteiger partial charge is 0.338 e. The number of benzene rings is 2. The van der Waals surface area contributed by atoms with Crippen molar-refractivity contribution >= 4 is 35.0 Å². The number of amidine groups is 1. The lowest BCUT2D eigenvalue weighted by molar-refractivity contribution is -0.118. The average Bonchev–Trinajstić information content (AvgIpc) is 3.03. The first kappa shape index (κ1) is 19.6. The number of para-hydroxylation sites is 1. The lowest BCUT2D eigenvalue weighted by Crippen LogP contribution is -2.25. The molecule has 7 nitrogen and oxygen atoms in total. The van der Waals surface area contributed by atoms with Crippen LogP contribution < -0.4 is 5.32 Å². The van der Waals surface area contributed by atoms with E-state index in [1.165, 1.54) is 18.0 Å². The molecule has 1 aliphatic heterocycles. The topological polar surface area (TPSA) is 100 Å². The zero-order valence-corrected chi connectivity index (χ0v) is 16.0. The van der Waals surface area contributed by atoms with Gasteiger partial charge in [0.15, 0.2) is 5.17 Å². The molecule has 8 heteroatoms. The van der Waals surface area contributed by atoms with E-state index in [1.54, 1.807) is 43.3 Å². The molecule has 1 heterocycles. The molecule has 0 saturated carbocycles. The van der Waals surface area contributed by atoms with Crippen molar-refractivity contribution in [3.05, 3.63) is 65.2 Å². The van der Waals surface area contributed by atoms with Gasteiger partial charge in [0.1, 0.15) is 5.75 Å². The Hall–Kier alpha value is -3.13. The number of esters is 1. The molecule has 0 spiro atoms. The van der Waals surface area contributed by atoms with Crippen molar-refractivity contribution in [1.29, 1.82) is 0 Å². The monoisotopic (exact) mass is 397 g/mol. The number of hydrogen-bond donors (Lipinski definition) is 2. The highest BCUT2D eigenvalue weighted by atomic mass is 32.2. The van der Waals surface area contributed by atoms with Crippen LogP contribution in [0.1, 0.15) is 28.4 Å². The molecular formula is C20H19N3O4S. The zero-order valence-electron chi connectivity index (χ0n) is 15.2. The number of carbonyl (C=O) groups is 2. The number of carbonyl (C=O) groups excluding carboxylic acids is 2.